The normalized spacial score (nSPS) is 15.0. The van der Waals surface area contributed by atoms with Crippen molar-refractivity contribution in [1.82, 2.24) is 15.3 Å². The van der Waals surface area contributed by atoms with Crippen LogP contribution in [0.4, 0.5) is 4.79 Å². The Morgan fingerprint density at radius 3 is 2.37 bits per heavy atom. The van der Waals surface area contributed by atoms with E-state index in [4.69, 9.17) is 9.15 Å². The van der Waals surface area contributed by atoms with E-state index in [1.807, 2.05) is 51.4 Å². The first kappa shape index (κ1) is 23.4. The molecular weight excluding hydrogens is 458 g/mol. The van der Waals surface area contributed by atoms with E-state index in [0.717, 1.165) is 52.7 Å². The summed E-state index contributed by atoms with van der Waals surface area (Å²) in [6.07, 6.45) is 6.25. The lowest BCUT2D eigenvalue weighted by atomic mass is 9.71. The van der Waals surface area contributed by atoms with Crippen LogP contribution < -0.4 is 5.32 Å². The fraction of sp³-hybridized carbons (Fsp3) is 0.321. The monoisotopic (exact) mass is 487 g/mol. The molecule has 2 aromatic heterocycles. The van der Waals surface area contributed by atoms with Gasteiger partial charge >= 0.3 is 6.09 Å². The van der Waals surface area contributed by atoms with Crippen LogP contribution in [0.1, 0.15) is 45.6 Å². The number of nitrogens with zero attached hydrogens (tertiary/aromatic N) is 2. The van der Waals surface area contributed by atoms with E-state index in [-0.39, 0.29) is 6.09 Å². The molecule has 1 amide bonds. The third-order valence-electron chi connectivity index (χ3n) is 6.32. The van der Waals surface area contributed by atoms with E-state index < -0.39 is 11.1 Å². The number of hydrogen-bond donors (Lipinski definition) is 1. The summed E-state index contributed by atoms with van der Waals surface area (Å²) < 4.78 is 11.8. The third kappa shape index (κ3) is 4.65. The maximum atomic E-state index is 12.5. The van der Waals surface area contributed by atoms with E-state index in [9.17, 15) is 4.79 Å². The van der Waals surface area contributed by atoms with Crippen molar-refractivity contribution < 1.29 is 13.9 Å². The zero-order valence-electron chi connectivity index (χ0n) is 20.4. The number of nitrogens with one attached hydrogen (secondary N) is 1. The minimum atomic E-state index is -0.535. The molecule has 35 heavy (non-hydrogen) atoms. The van der Waals surface area contributed by atoms with Gasteiger partial charge in [-0.25, -0.2) is 9.78 Å². The van der Waals surface area contributed by atoms with Gasteiger partial charge in [0.05, 0.1) is 10.9 Å². The summed E-state index contributed by atoms with van der Waals surface area (Å²) in [7, 11) is 0. The zero-order valence-corrected chi connectivity index (χ0v) is 21.2. The molecule has 7 heteroatoms. The van der Waals surface area contributed by atoms with Crippen molar-refractivity contribution in [3.05, 3.63) is 66.4 Å². The standard InChI is InChI=1S/C28H29N3O3S/c1-27(2,3)34-26(32)31-28(15-8-16-28)20-13-11-19(12-14-20)23-22(18-9-6-5-7-10-18)21-17-29-25(35-4)30-24(21)33-23/h5-7,9-14,17H,8,15-16H2,1-4H3,(H,31,32). The second kappa shape index (κ2) is 9.04. The molecule has 2 aromatic carbocycles. The van der Waals surface area contributed by atoms with Crippen molar-refractivity contribution in [2.24, 2.45) is 0 Å². The van der Waals surface area contributed by atoms with Gasteiger partial charge in [-0.05, 0) is 57.4 Å². The highest BCUT2D eigenvalue weighted by molar-refractivity contribution is 7.98. The van der Waals surface area contributed by atoms with Gasteiger partial charge in [0, 0.05) is 17.3 Å². The Hall–Kier alpha value is -3.32. The van der Waals surface area contributed by atoms with Crippen LogP contribution in [0, 0.1) is 0 Å². The van der Waals surface area contributed by atoms with Crippen molar-refractivity contribution in [3.8, 4) is 22.5 Å². The molecule has 1 N–H and O–H groups in total. The quantitative estimate of drug-likeness (QED) is 0.237. The van der Waals surface area contributed by atoms with E-state index >= 15 is 0 Å². The molecular formula is C28H29N3O3S. The maximum absolute atomic E-state index is 12.5. The average molecular weight is 488 g/mol. The van der Waals surface area contributed by atoms with E-state index in [2.05, 4.69) is 51.7 Å². The Labute approximate surface area is 209 Å². The van der Waals surface area contributed by atoms with Crippen LogP contribution in [0.5, 0.6) is 0 Å². The van der Waals surface area contributed by atoms with E-state index in [0.29, 0.717) is 10.9 Å². The molecule has 1 saturated carbocycles. The number of fused-ring (bicyclic) bond motifs is 1. The molecule has 6 nitrogen and oxygen atoms in total. The van der Waals surface area contributed by atoms with Crippen molar-refractivity contribution >= 4 is 29.0 Å². The lowest BCUT2D eigenvalue weighted by molar-refractivity contribution is 0.0377. The number of rotatable bonds is 5. The van der Waals surface area contributed by atoms with Crippen LogP contribution in [0.25, 0.3) is 33.6 Å². The first-order chi connectivity index (χ1) is 16.8. The Balaban J connectivity index is 1.52. The van der Waals surface area contributed by atoms with E-state index in [1.165, 1.54) is 11.8 Å². The maximum Gasteiger partial charge on any atom is 0.408 e. The van der Waals surface area contributed by atoms with Gasteiger partial charge in [-0.3, -0.25) is 0 Å². The highest BCUT2D eigenvalue weighted by Crippen LogP contribution is 2.44. The first-order valence-corrected chi connectivity index (χ1v) is 13.0. The highest BCUT2D eigenvalue weighted by atomic mass is 32.2. The van der Waals surface area contributed by atoms with E-state index in [1.54, 1.807) is 0 Å². The number of alkyl carbamates (subject to hydrolysis) is 1. The van der Waals surface area contributed by atoms with Crippen molar-refractivity contribution in [2.75, 3.05) is 6.26 Å². The topological polar surface area (TPSA) is 77.2 Å². The Morgan fingerprint density at radius 1 is 1.06 bits per heavy atom. The predicted octanol–water partition coefficient (Wildman–Crippen LogP) is 7.18. The molecule has 180 valence electrons. The van der Waals surface area contributed by atoms with Crippen LogP contribution >= 0.6 is 11.8 Å². The number of carbonyl (C=O) groups is 1. The molecule has 0 spiro atoms. The number of carbonyl (C=O) groups excluding carboxylic acids is 1. The second-order valence-corrected chi connectivity index (χ2v) is 10.7. The Kier molecular flexibility index (Phi) is 6.05. The van der Waals surface area contributed by atoms with Gasteiger partial charge in [-0.1, -0.05) is 66.4 Å². The summed E-state index contributed by atoms with van der Waals surface area (Å²) in [6.45, 7) is 5.62. The number of aromatic nitrogens is 2. The molecule has 0 atom stereocenters. The van der Waals surface area contributed by atoms with Gasteiger partial charge in [0.25, 0.3) is 0 Å². The molecule has 0 bridgehead atoms. The molecule has 0 saturated heterocycles. The molecule has 5 rings (SSSR count). The fourth-order valence-corrected chi connectivity index (χ4v) is 4.85. The molecule has 4 aromatic rings. The van der Waals surface area contributed by atoms with Crippen molar-refractivity contribution in [3.63, 3.8) is 0 Å². The summed E-state index contributed by atoms with van der Waals surface area (Å²) in [5.41, 5.74) is 3.69. The van der Waals surface area contributed by atoms with Crippen LogP contribution in [0.2, 0.25) is 0 Å². The summed E-state index contributed by atoms with van der Waals surface area (Å²) in [5.74, 6) is 0.757. The number of benzene rings is 2. The molecule has 0 unspecified atom stereocenters. The van der Waals surface area contributed by atoms with Crippen LogP contribution in [-0.2, 0) is 10.3 Å². The number of hydrogen-bond acceptors (Lipinski definition) is 6. The van der Waals surface area contributed by atoms with Gasteiger partial charge in [-0.15, -0.1) is 0 Å². The smallest absolute Gasteiger partial charge is 0.408 e. The second-order valence-electron chi connectivity index (χ2n) is 9.89. The van der Waals surface area contributed by atoms with Gasteiger partial charge in [0.2, 0.25) is 5.71 Å². The van der Waals surface area contributed by atoms with Gasteiger partial charge in [-0.2, -0.15) is 4.98 Å². The SMILES string of the molecule is CSc1ncc2c(-c3ccccc3)c(-c3ccc(C4(NC(=O)OC(C)(C)C)CCC4)cc3)oc2n1. The summed E-state index contributed by atoms with van der Waals surface area (Å²) >= 11 is 1.49. The lowest BCUT2D eigenvalue weighted by Crippen LogP contribution is -2.52. The van der Waals surface area contributed by atoms with Crippen molar-refractivity contribution in [1.29, 1.82) is 0 Å². The minimum absolute atomic E-state index is 0.381. The van der Waals surface area contributed by atoms with Crippen molar-refractivity contribution in [2.45, 2.75) is 56.3 Å². The van der Waals surface area contributed by atoms with Gasteiger partial charge in [0.15, 0.2) is 5.16 Å². The highest BCUT2D eigenvalue weighted by Gasteiger charge is 2.41. The van der Waals surface area contributed by atoms with Crippen LogP contribution in [-0.4, -0.2) is 27.9 Å². The number of thioether (sulfide) groups is 1. The summed E-state index contributed by atoms with van der Waals surface area (Å²) in [5, 5.41) is 4.69. The third-order valence-corrected chi connectivity index (χ3v) is 6.88. The Morgan fingerprint density at radius 2 is 1.77 bits per heavy atom. The van der Waals surface area contributed by atoms with Crippen LogP contribution in [0.3, 0.4) is 0 Å². The summed E-state index contributed by atoms with van der Waals surface area (Å²) in [4.78, 5) is 21.6. The predicted molar refractivity (Wildman–Crippen MR) is 139 cm³/mol. The molecule has 1 fully saturated rings. The van der Waals surface area contributed by atoms with Gasteiger partial charge in [0.1, 0.15) is 11.4 Å². The number of ether oxygens (including phenoxy) is 1. The Bertz CT molecular complexity index is 1350. The molecule has 1 aliphatic carbocycles. The first-order valence-electron chi connectivity index (χ1n) is 11.8. The zero-order chi connectivity index (χ0) is 24.6. The summed E-state index contributed by atoms with van der Waals surface area (Å²) in [6, 6.07) is 18.4. The lowest BCUT2D eigenvalue weighted by Gasteiger charge is -2.43. The molecule has 2 heterocycles. The molecule has 0 aliphatic heterocycles. The van der Waals surface area contributed by atoms with Crippen LogP contribution in [0.15, 0.2) is 70.4 Å². The average Bonchev–Trinajstić information content (AvgIpc) is 3.19. The largest absolute Gasteiger partial charge is 0.444 e. The number of furan rings is 1. The van der Waals surface area contributed by atoms with Gasteiger partial charge < -0.3 is 14.5 Å². The molecule has 0 radical (unpaired) electrons. The minimum Gasteiger partial charge on any atom is -0.444 e. The fourth-order valence-electron chi connectivity index (χ4n) is 4.52. The molecule has 1 aliphatic rings. The number of amides is 1.